The monoisotopic (exact) mass is 553 g/mol. The van der Waals surface area contributed by atoms with Crippen LogP contribution in [0, 0.1) is 11.8 Å². The number of rotatable bonds is 20. The lowest BCUT2D eigenvalue weighted by Crippen LogP contribution is -2.53. The third kappa shape index (κ3) is 13.9. The van der Waals surface area contributed by atoms with Crippen LogP contribution in [0.5, 0.6) is 0 Å². The average molecular weight is 554 g/mol. The maximum Gasteiger partial charge on any atom is 0.243 e. The minimum Gasteiger partial charge on any atom is -0.361 e. The maximum absolute atomic E-state index is 12.8. The van der Waals surface area contributed by atoms with Crippen molar-refractivity contribution in [3.8, 4) is 0 Å². The molecular weight excluding hydrogens is 502 g/mol. The molecule has 4 N–H and O–H groups in total. The smallest absolute Gasteiger partial charge is 0.243 e. The van der Waals surface area contributed by atoms with Crippen molar-refractivity contribution >= 4 is 29.4 Å². The van der Waals surface area contributed by atoms with E-state index >= 15 is 0 Å². The molecule has 0 aromatic heterocycles. The van der Waals surface area contributed by atoms with E-state index in [9.17, 15) is 24.0 Å². The van der Waals surface area contributed by atoms with Gasteiger partial charge in [0.2, 0.25) is 23.6 Å². The first-order valence-electron chi connectivity index (χ1n) is 14.3. The number of hydrogen-bond donors (Lipinski definition) is 4. The van der Waals surface area contributed by atoms with Gasteiger partial charge in [-0.15, -0.1) is 0 Å². The number of hydrogen-bond acceptors (Lipinski definition) is 7. The molecule has 39 heavy (non-hydrogen) atoms. The zero-order valence-corrected chi connectivity index (χ0v) is 25.0. The van der Waals surface area contributed by atoms with Crippen LogP contribution in [0.1, 0.15) is 80.6 Å². The van der Waals surface area contributed by atoms with Gasteiger partial charge in [0.1, 0.15) is 11.6 Å². The van der Waals surface area contributed by atoms with Gasteiger partial charge in [-0.2, -0.15) is 0 Å². The first kappa shape index (κ1) is 34.5. The van der Waals surface area contributed by atoms with Crippen molar-refractivity contribution in [3.63, 3.8) is 0 Å². The van der Waals surface area contributed by atoms with Crippen molar-refractivity contribution in [2.75, 3.05) is 39.3 Å². The van der Waals surface area contributed by atoms with E-state index < -0.39 is 35.4 Å². The fourth-order valence-corrected chi connectivity index (χ4v) is 4.30. The predicted molar refractivity (Wildman–Crippen MR) is 150 cm³/mol. The molecule has 0 spiro atoms. The molecule has 11 heteroatoms. The summed E-state index contributed by atoms with van der Waals surface area (Å²) in [6.07, 6.45) is 3.14. The van der Waals surface area contributed by atoms with E-state index in [-0.39, 0.29) is 36.6 Å². The number of epoxide rings is 1. The number of nitrogens with zero attached hydrogens (tertiary/aromatic N) is 1. The molecule has 4 amide bonds. The molecule has 224 valence electrons. The highest BCUT2D eigenvalue weighted by Gasteiger charge is 2.50. The van der Waals surface area contributed by atoms with Gasteiger partial charge in [0.15, 0.2) is 5.78 Å². The highest BCUT2D eigenvalue weighted by atomic mass is 16.6. The second-order valence-electron chi connectivity index (χ2n) is 11.5. The van der Waals surface area contributed by atoms with E-state index in [1.807, 2.05) is 27.7 Å². The van der Waals surface area contributed by atoms with Crippen LogP contribution in [0.25, 0.3) is 0 Å². The van der Waals surface area contributed by atoms with Gasteiger partial charge in [-0.25, -0.2) is 0 Å². The maximum atomic E-state index is 12.8. The largest absolute Gasteiger partial charge is 0.361 e. The van der Waals surface area contributed by atoms with Crippen LogP contribution >= 0.6 is 0 Å². The van der Waals surface area contributed by atoms with E-state index in [1.165, 1.54) is 0 Å². The molecule has 0 bridgehead atoms. The van der Waals surface area contributed by atoms with Crippen LogP contribution in [0.4, 0.5) is 0 Å². The Morgan fingerprint density at radius 3 is 1.74 bits per heavy atom. The molecule has 0 saturated carbocycles. The number of ether oxygens (including phenoxy) is 1. The SMILES string of the molecule is CCCN(CCC)CCC(=O)NCC(=O)NC(CC(C)C)C(=O)NCC(=O)NC(CC(C)C)C(=O)C1(C)CO1. The van der Waals surface area contributed by atoms with Crippen molar-refractivity contribution in [3.05, 3.63) is 0 Å². The molecule has 1 fully saturated rings. The first-order chi connectivity index (χ1) is 18.3. The average Bonchev–Trinajstić information content (AvgIpc) is 3.61. The highest BCUT2D eigenvalue weighted by Crippen LogP contribution is 2.29. The lowest BCUT2D eigenvalue weighted by Gasteiger charge is -2.23. The summed E-state index contributed by atoms with van der Waals surface area (Å²) in [6, 6.07) is -1.56. The van der Waals surface area contributed by atoms with Gasteiger partial charge in [-0.05, 0) is 57.5 Å². The molecule has 1 saturated heterocycles. The summed E-state index contributed by atoms with van der Waals surface area (Å²) >= 11 is 0. The predicted octanol–water partition coefficient (Wildman–Crippen LogP) is 1.15. The Morgan fingerprint density at radius 1 is 0.769 bits per heavy atom. The lowest BCUT2D eigenvalue weighted by atomic mass is 9.93. The summed E-state index contributed by atoms with van der Waals surface area (Å²) < 4.78 is 5.24. The normalized spacial score (nSPS) is 18.0. The summed E-state index contributed by atoms with van der Waals surface area (Å²) in [7, 11) is 0. The molecule has 3 unspecified atom stereocenters. The second-order valence-corrected chi connectivity index (χ2v) is 11.5. The molecular formula is C28H51N5O6. The van der Waals surface area contributed by atoms with E-state index in [0.29, 0.717) is 32.4 Å². The topological polar surface area (TPSA) is 149 Å². The van der Waals surface area contributed by atoms with Gasteiger partial charge in [0, 0.05) is 13.0 Å². The van der Waals surface area contributed by atoms with Crippen molar-refractivity contribution in [1.29, 1.82) is 0 Å². The molecule has 1 aliphatic rings. The molecule has 0 aromatic carbocycles. The molecule has 0 aromatic rings. The van der Waals surface area contributed by atoms with Gasteiger partial charge in [0.05, 0.1) is 25.7 Å². The van der Waals surface area contributed by atoms with Crippen molar-refractivity contribution in [2.45, 2.75) is 98.3 Å². The Labute approximate surface area is 233 Å². The molecule has 1 rings (SSSR count). The van der Waals surface area contributed by atoms with Gasteiger partial charge in [-0.1, -0.05) is 41.5 Å². The number of carbonyl (C=O) groups excluding carboxylic acids is 5. The summed E-state index contributed by atoms with van der Waals surface area (Å²) in [5.41, 5.74) is -0.859. The minimum atomic E-state index is -0.862. The zero-order chi connectivity index (χ0) is 29.6. The van der Waals surface area contributed by atoms with Crippen LogP contribution < -0.4 is 21.3 Å². The Hall–Kier alpha value is -2.53. The summed E-state index contributed by atoms with van der Waals surface area (Å²) in [5, 5.41) is 10.6. The van der Waals surface area contributed by atoms with Crippen molar-refractivity contribution in [1.82, 2.24) is 26.2 Å². The number of Topliss-reactive ketones (excluding diaryl/α,β-unsaturated/α-hetero) is 1. The standard InChI is InChI=1S/C28H51N5O6/c1-8-11-33(12-9-2)13-10-23(34)29-16-24(35)32-22(15-20(5)6)27(38)30-17-25(36)31-21(14-19(3)4)26(37)28(7)18-39-28/h19-22H,8-18H2,1-7H3,(H,29,34)(H,30,38)(H,31,36)(H,32,35). The van der Waals surface area contributed by atoms with Crippen molar-refractivity contribution in [2.24, 2.45) is 11.8 Å². The number of amides is 4. The van der Waals surface area contributed by atoms with Crippen molar-refractivity contribution < 1.29 is 28.7 Å². The Kier molecular flexibility index (Phi) is 15.2. The van der Waals surface area contributed by atoms with E-state index in [0.717, 1.165) is 25.9 Å². The van der Waals surface area contributed by atoms with Crippen LogP contribution in [-0.2, 0) is 28.7 Å². The second kappa shape index (κ2) is 17.2. The minimum absolute atomic E-state index is 0.0971. The fourth-order valence-electron chi connectivity index (χ4n) is 4.30. The fraction of sp³-hybridized carbons (Fsp3) is 0.821. The van der Waals surface area contributed by atoms with Gasteiger partial charge >= 0.3 is 0 Å². The summed E-state index contributed by atoms with van der Waals surface area (Å²) in [6.45, 7) is 15.9. The van der Waals surface area contributed by atoms with Crippen LogP contribution in [0.15, 0.2) is 0 Å². The molecule has 3 atom stereocenters. The zero-order valence-electron chi connectivity index (χ0n) is 25.0. The molecule has 0 aliphatic carbocycles. The number of carbonyl (C=O) groups is 5. The van der Waals surface area contributed by atoms with E-state index in [1.54, 1.807) is 6.92 Å². The summed E-state index contributed by atoms with van der Waals surface area (Å²) in [5.74, 6) is -1.60. The third-order valence-electron chi connectivity index (χ3n) is 6.42. The quantitative estimate of drug-likeness (QED) is 0.165. The lowest BCUT2D eigenvalue weighted by molar-refractivity contribution is -0.132. The van der Waals surface area contributed by atoms with Gasteiger partial charge in [0.25, 0.3) is 0 Å². The number of ketones is 1. The first-order valence-corrected chi connectivity index (χ1v) is 14.3. The molecule has 1 heterocycles. The summed E-state index contributed by atoms with van der Waals surface area (Å²) in [4.78, 5) is 65.1. The molecule has 0 radical (unpaired) electrons. The van der Waals surface area contributed by atoms with Crippen LogP contribution in [-0.4, -0.2) is 91.3 Å². The Balaban J connectivity index is 2.57. The highest BCUT2D eigenvalue weighted by molar-refractivity contribution is 5.97. The van der Waals surface area contributed by atoms with Gasteiger partial charge < -0.3 is 30.9 Å². The third-order valence-corrected chi connectivity index (χ3v) is 6.42. The Bertz CT molecular complexity index is 821. The number of nitrogens with one attached hydrogen (secondary N) is 4. The van der Waals surface area contributed by atoms with Crippen LogP contribution in [0.3, 0.4) is 0 Å². The van der Waals surface area contributed by atoms with E-state index in [2.05, 4.69) is 40.0 Å². The Morgan fingerprint density at radius 2 is 1.26 bits per heavy atom. The van der Waals surface area contributed by atoms with Crippen LogP contribution in [0.2, 0.25) is 0 Å². The van der Waals surface area contributed by atoms with Gasteiger partial charge in [-0.3, -0.25) is 24.0 Å². The molecule has 1 aliphatic heterocycles. The van der Waals surface area contributed by atoms with E-state index in [4.69, 9.17) is 4.74 Å². The molecule has 11 nitrogen and oxygen atoms in total.